The van der Waals surface area contributed by atoms with Crippen LogP contribution in [0.4, 0.5) is 24.5 Å². The maximum Gasteiger partial charge on any atom is 0.573 e. The first-order valence-corrected chi connectivity index (χ1v) is 8.12. The number of aliphatic hydroxyl groups is 1. The third kappa shape index (κ3) is 4.21. The fraction of sp³-hybridized carbons (Fsp3) is 0.105. The summed E-state index contributed by atoms with van der Waals surface area (Å²) in [5.41, 5.74) is 0.385. The molecule has 10 heteroatoms. The van der Waals surface area contributed by atoms with E-state index in [4.69, 9.17) is 0 Å². The van der Waals surface area contributed by atoms with Crippen molar-refractivity contribution in [2.75, 3.05) is 10.2 Å². The molecule has 0 spiro atoms. The van der Waals surface area contributed by atoms with E-state index in [2.05, 4.69) is 10.1 Å². The van der Waals surface area contributed by atoms with Crippen LogP contribution in [0.1, 0.15) is 12.5 Å². The maximum absolute atomic E-state index is 12.7. The van der Waals surface area contributed by atoms with E-state index < -0.39 is 29.7 Å². The molecule has 0 aromatic heterocycles. The van der Waals surface area contributed by atoms with E-state index in [1.807, 2.05) is 0 Å². The monoisotopic (exact) mass is 406 g/mol. The number of rotatable bonds is 4. The average molecular weight is 406 g/mol. The number of carbonyl (C=O) groups excluding carboxylic acids is 3. The van der Waals surface area contributed by atoms with Crippen LogP contribution in [0.3, 0.4) is 0 Å². The Morgan fingerprint density at radius 3 is 2.10 bits per heavy atom. The third-order valence-electron chi connectivity index (χ3n) is 3.88. The summed E-state index contributed by atoms with van der Waals surface area (Å²) in [5, 5.41) is 12.7. The third-order valence-corrected chi connectivity index (χ3v) is 3.88. The highest BCUT2D eigenvalue weighted by Gasteiger charge is 2.40. The van der Waals surface area contributed by atoms with Gasteiger partial charge in [0, 0.05) is 12.6 Å². The standard InChI is InChI=1S/C19H13F3N2O5/c1-10(25)23-12-4-2-11(3-5-12)15-16(26)18(28)24(17(15)27)13-6-8-14(9-7-13)29-19(20,21)22/h2-9,26H,1H3,(H,23,25). The van der Waals surface area contributed by atoms with E-state index in [1.54, 1.807) is 0 Å². The van der Waals surface area contributed by atoms with Gasteiger partial charge in [-0.05, 0) is 42.0 Å². The van der Waals surface area contributed by atoms with Crippen LogP contribution in [-0.4, -0.2) is 29.2 Å². The smallest absolute Gasteiger partial charge is 0.502 e. The Bertz CT molecular complexity index is 1010. The zero-order chi connectivity index (χ0) is 21.3. The Morgan fingerprint density at radius 2 is 1.59 bits per heavy atom. The lowest BCUT2D eigenvalue weighted by Gasteiger charge is -2.15. The van der Waals surface area contributed by atoms with E-state index >= 15 is 0 Å². The van der Waals surface area contributed by atoms with Gasteiger partial charge in [0.25, 0.3) is 5.91 Å². The molecule has 1 aliphatic rings. The first kappa shape index (κ1) is 19.9. The van der Waals surface area contributed by atoms with Crippen LogP contribution in [0.5, 0.6) is 5.75 Å². The number of nitrogens with zero attached hydrogens (tertiary/aromatic N) is 1. The number of benzene rings is 2. The van der Waals surface area contributed by atoms with Gasteiger partial charge in [-0.15, -0.1) is 13.2 Å². The van der Waals surface area contributed by atoms with E-state index in [1.165, 1.54) is 31.2 Å². The fourth-order valence-corrected chi connectivity index (χ4v) is 2.73. The molecule has 0 atom stereocenters. The Hall–Kier alpha value is -3.82. The lowest BCUT2D eigenvalue weighted by atomic mass is 10.1. The summed E-state index contributed by atoms with van der Waals surface area (Å²) in [6.45, 7) is 1.32. The molecule has 1 heterocycles. The van der Waals surface area contributed by atoms with E-state index in [0.717, 1.165) is 24.3 Å². The van der Waals surface area contributed by atoms with E-state index in [-0.39, 0.29) is 22.7 Å². The molecule has 0 aliphatic carbocycles. The Morgan fingerprint density at radius 1 is 1.00 bits per heavy atom. The van der Waals surface area contributed by atoms with Gasteiger partial charge in [-0.3, -0.25) is 14.4 Å². The number of imide groups is 1. The normalized spacial score (nSPS) is 14.4. The minimum absolute atomic E-state index is 0.0362. The van der Waals surface area contributed by atoms with Crippen LogP contribution < -0.4 is 15.0 Å². The Kier molecular flexibility index (Phi) is 5.02. The molecule has 2 N–H and O–H groups in total. The van der Waals surface area contributed by atoms with Gasteiger partial charge in [0.15, 0.2) is 5.76 Å². The first-order chi connectivity index (χ1) is 13.6. The average Bonchev–Trinajstić information content (AvgIpc) is 2.84. The summed E-state index contributed by atoms with van der Waals surface area (Å²) in [6.07, 6.45) is -4.88. The quantitative estimate of drug-likeness (QED) is 0.759. The van der Waals surface area contributed by atoms with Crippen molar-refractivity contribution in [3.63, 3.8) is 0 Å². The summed E-state index contributed by atoms with van der Waals surface area (Å²) in [7, 11) is 0. The van der Waals surface area contributed by atoms with Crippen molar-refractivity contribution in [1.29, 1.82) is 0 Å². The van der Waals surface area contributed by atoms with Crippen LogP contribution in [0.15, 0.2) is 54.3 Å². The Labute approximate surface area is 162 Å². The molecule has 0 saturated carbocycles. The number of hydrogen-bond acceptors (Lipinski definition) is 5. The number of carbonyl (C=O) groups is 3. The van der Waals surface area contributed by atoms with Crippen molar-refractivity contribution >= 4 is 34.7 Å². The van der Waals surface area contributed by atoms with Crippen molar-refractivity contribution < 1.29 is 37.4 Å². The second kappa shape index (κ2) is 7.30. The zero-order valence-electron chi connectivity index (χ0n) is 14.8. The van der Waals surface area contributed by atoms with Crippen molar-refractivity contribution in [3.8, 4) is 5.75 Å². The van der Waals surface area contributed by atoms with E-state index in [0.29, 0.717) is 10.6 Å². The summed E-state index contributed by atoms with van der Waals surface area (Å²) < 4.78 is 40.5. The molecule has 7 nitrogen and oxygen atoms in total. The largest absolute Gasteiger partial charge is 0.573 e. The summed E-state index contributed by atoms with van der Waals surface area (Å²) in [6, 6.07) is 9.92. The van der Waals surface area contributed by atoms with Gasteiger partial charge in [-0.2, -0.15) is 0 Å². The van der Waals surface area contributed by atoms with Crippen LogP contribution in [0.2, 0.25) is 0 Å². The molecule has 3 rings (SSSR count). The van der Waals surface area contributed by atoms with Crippen LogP contribution in [-0.2, 0) is 14.4 Å². The highest BCUT2D eigenvalue weighted by molar-refractivity contribution is 6.44. The van der Waals surface area contributed by atoms with Crippen molar-refractivity contribution in [2.45, 2.75) is 13.3 Å². The lowest BCUT2D eigenvalue weighted by molar-refractivity contribution is -0.274. The number of aliphatic hydroxyl groups excluding tert-OH is 1. The molecule has 0 saturated heterocycles. The van der Waals surface area contributed by atoms with Crippen LogP contribution in [0.25, 0.3) is 5.57 Å². The second-order valence-corrected chi connectivity index (χ2v) is 5.97. The predicted molar refractivity (Wildman–Crippen MR) is 95.9 cm³/mol. The van der Waals surface area contributed by atoms with Crippen LogP contribution >= 0.6 is 0 Å². The van der Waals surface area contributed by atoms with Gasteiger partial charge in [0.05, 0.1) is 11.3 Å². The molecule has 0 unspecified atom stereocenters. The molecule has 0 radical (unpaired) electrons. The molecule has 0 fully saturated rings. The maximum atomic E-state index is 12.7. The van der Waals surface area contributed by atoms with Gasteiger partial charge >= 0.3 is 12.3 Å². The SMILES string of the molecule is CC(=O)Nc1ccc(C2=C(O)C(=O)N(c3ccc(OC(F)(F)F)cc3)C2=O)cc1. The molecule has 29 heavy (non-hydrogen) atoms. The molecule has 0 bridgehead atoms. The number of alkyl halides is 3. The van der Waals surface area contributed by atoms with Gasteiger partial charge in [0.2, 0.25) is 5.91 Å². The number of ether oxygens (including phenoxy) is 1. The molecular formula is C19H13F3N2O5. The van der Waals surface area contributed by atoms with E-state index in [9.17, 15) is 32.7 Å². The van der Waals surface area contributed by atoms with Crippen molar-refractivity contribution in [2.24, 2.45) is 0 Å². The number of amides is 3. The summed E-state index contributed by atoms with van der Waals surface area (Å²) in [4.78, 5) is 36.8. The van der Waals surface area contributed by atoms with Crippen LogP contribution in [0, 0.1) is 0 Å². The Balaban J connectivity index is 1.86. The zero-order valence-corrected chi connectivity index (χ0v) is 14.8. The highest BCUT2D eigenvalue weighted by Crippen LogP contribution is 2.33. The lowest BCUT2D eigenvalue weighted by Crippen LogP contribution is -2.31. The fourth-order valence-electron chi connectivity index (χ4n) is 2.73. The summed E-state index contributed by atoms with van der Waals surface area (Å²) >= 11 is 0. The van der Waals surface area contributed by atoms with Gasteiger partial charge in [-0.25, -0.2) is 4.90 Å². The number of halogens is 3. The molecule has 150 valence electrons. The second-order valence-electron chi connectivity index (χ2n) is 5.97. The van der Waals surface area contributed by atoms with Crippen molar-refractivity contribution in [3.05, 3.63) is 59.9 Å². The number of nitrogens with one attached hydrogen (secondary N) is 1. The topological polar surface area (TPSA) is 95.9 Å². The predicted octanol–water partition coefficient (Wildman–Crippen LogP) is 3.39. The minimum Gasteiger partial charge on any atom is -0.502 e. The molecule has 1 aliphatic heterocycles. The molecule has 3 amide bonds. The minimum atomic E-state index is -4.88. The van der Waals surface area contributed by atoms with Gasteiger partial charge in [0.1, 0.15) is 5.75 Å². The highest BCUT2D eigenvalue weighted by atomic mass is 19.4. The molecular weight excluding hydrogens is 393 g/mol. The molecule has 2 aromatic carbocycles. The van der Waals surface area contributed by atoms with Gasteiger partial charge in [-0.1, -0.05) is 12.1 Å². The molecule has 2 aromatic rings. The number of anilines is 2. The number of hydrogen-bond donors (Lipinski definition) is 2. The van der Waals surface area contributed by atoms with Gasteiger partial charge < -0.3 is 15.2 Å². The first-order valence-electron chi connectivity index (χ1n) is 8.12. The van der Waals surface area contributed by atoms with Crippen molar-refractivity contribution in [1.82, 2.24) is 0 Å². The summed E-state index contributed by atoms with van der Waals surface area (Å²) in [5.74, 6) is -3.47.